The minimum absolute atomic E-state index is 0.156. The Hall–Kier alpha value is -4.24. The summed E-state index contributed by atoms with van der Waals surface area (Å²) in [4.78, 5) is 59.7. The zero-order valence-electron chi connectivity index (χ0n) is 26.2. The number of benzene rings is 1. The molecule has 0 saturated carbocycles. The number of aryl methyl sites for hydroxylation is 1. The summed E-state index contributed by atoms with van der Waals surface area (Å²) in [6.45, 7) is 11.6. The van der Waals surface area contributed by atoms with Crippen LogP contribution in [0.15, 0.2) is 27.8 Å². The molecule has 1 fully saturated rings. The minimum atomic E-state index is -0.628. The molecule has 0 bridgehead atoms. The van der Waals surface area contributed by atoms with E-state index in [1.807, 2.05) is 4.90 Å². The smallest absolute Gasteiger partial charge is 0.407 e. The number of anilines is 1. The van der Waals surface area contributed by atoms with Crippen molar-refractivity contribution in [2.45, 2.75) is 85.2 Å². The second kappa shape index (κ2) is 13.2. The minimum Gasteiger partial charge on any atom is -0.459 e. The van der Waals surface area contributed by atoms with E-state index in [0.717, 1.165) is 17.4 Å². The molecule has 1 aromatic carbocycles. The van der Waals surface area contributed by atoms with Crippen molar-refractivity contribution in [2.75, 3.05) is 18.0 Å². The number of alkyl carbamates (subject to hydrolysis) is 1. The van der Waals surface area contributed by atoms with Crippen LogP contribution in [-0.4, -0.2) is 61.6 Å². The summed E-state index contributed by atoms with van der Waals surface area (Å²) in [5, 5.41) is 3.26. The number of fused-ring (bicyclic) bond motifs is 1. The number of amides is 1. The van der Waals surface area contributed by atoms with Gasteiger partial charge in [0.2, 0.25) is 5.95 Å². The number of nitrogens with one attached hydrogen (secondary N) is 1. The lowest BCUT2D eigenvalue weighted by atomic mass is 10.1. The number of imidazole rings is 1. The standard InChI is InChI=1S/C31H39ClN6O6/c1-8-9-15-37-24-25(34-28(37)36-14-10-11-22(18-36)33-29(41)44-31(4,5)6)35(7)30(42)38(26(24)39)17-20-12-13-21(32)16-23(20)27(40)43-19(2)3/h12-13,16,19,22H,10-11,14-15,17-18H2,1-7H3,(H,33,41)/t22-/m1/s1. The summed E-state index contributed by atoms with van der Waals surface area (Å²) in [7, 11) is 1.55. The van der Waals surface area contributed by atoms with E-state index >= 15 is 0 Å². The van der Waals surface area contributed by atoms with Gasteiger partial charge in [0, 0.05) is 31.2 Å². The zero-order valence-corrected chi connectivity index (χ0v) is 26.9. The van der Waals surface area contributed by atoms with Crippen LogP contribution in [0.2, 0.25) is 5.02 Å². The molecule has 0 spiro atoms. The van der Waals surface area contributed by atoms with Gasteiger partial charge in [-0.3, -0.25) is 18.5 Å². The normalized spacial score (nSPS) is 15.2. The number of hydrogen-bond donors (Lipinski definition) is 1. The van der Waals surface area contributed by atoms with E-state index in [2.05, 4.69) is 17.2 Å². The molecular weight excluding hydrogens is 588 g/mol. The van der Waals surface area contributed by atoms with Crippen LogP contribution in [0.5, 0.6) is 0 Å². The topological polar surface area (TPSA) is 130 Å². The van der Waals surface area contributed by atoms with Crippen molar-refractivity contribution < 1.29 is 19.1 Å². The largest absolute Gasteiger partial charge is 0.459 e. The maximum Gasteiger partial charge on any atom is 0.407 e. The van der Waals surface area contributed by atoms with Crippen molar-refractivity contribution in [3.05, 3.63) is 55.2 Å². The van der Waals surface area contributed by atoms with Gasteiger partial charge in [-0.15, -0.1) is 5.92 Å². The van der Waals surface area contributed by atoms with E-state index in [9.17, 15) is 19.2 Å². The highest BCUT2D eigenvalue weighted by Gasteiger charge is 2.29. The highest BCUT2D eigenvalue weighted by atomic mass is 35.5. The molecule has 3 heterocycles. The molecule has 13 heteroatoms. The van der Waals surface area contributed by atoms with Crippen LogP contribution in [-0.2, 0) is 29.6 Å². The van der Waals surface area contributed by atoms with Crippen molar-refractivity contribution in [1.82, 2.24) is 24.0 Å². The number of carbonyl (C=O) groups is 2. The van der Waals surface area contributed by atoms with E-state index in [0.29, 0.717) is 29.6 Å². The molecule has 1 saturated heterocycles. The van der Waals surface area contributed by atoms with Crippen molar-refractivity contribution in [2.24, 2.45) is 7.05 Å². The summed E-state index contributed by atoms with van der Waals surface area (Å²) in [6.07, 6.45) is 0.637. The lowest BCUT2D eigenvalue weighted by Gasteiger charge is -2.34. The number of aromatic nitrogens is 4. The summed E-state index contributed by atoms with van der Waals surface area (Å²) in [5.74, 6) is 5.75. The highest BCUT2D eigenvalue weighted by Crippen LogP contribution is 2.24. The first-order valence-electron chi connectivity index (χ1n) is 14.5. The van der Waals surface area contributed by atoms with Gasteiger partial charge in [-0.05, 0) is 72.1 Å². The second-order valence-corrected chi connectivity index (χ2v) is 12.5. The Morgan fingerprint density at radius 2 is 1.93 bits per heavy atom. The molecule has 0 radical (unpaired) electrons. The SMILES string of the molecule is CC#CCn1c(N2CCC[C@@H](NC(=O)OC(C)(C)C)C2)nc2c1c(=O)n(Cc1ccc(Cl)cc1C(=O)OC(C)C)c(=O)n2C. The first-order chi connectivity index (χ1) is 20.7. The summed E-state index contributed by atoms with van der Waals surface area (Å²) < 4.78 is 14.9. The molecule has 12 nitrogen and oxygen atoms in total. The second-order valence-electron chi connectivity index (χ2n) is 12.0. The van der Waals surface area contributed by atoms with Gasteiger partial charge in [-0.25, -0.2) is 14.4 Å². The van der Waals surface area contributed by atoms with Gasteiger partial charge in [0.15, 0.2) is 11.2 Å². The predicted molar refractivity (Wildman–Crippen MR) is 168 cm³/mol. The first kappa shape index (κ1) is 32.7. The van der Waals surface area contributed by atoms with E-state index in [4.69, 9.17) is 26.1 Å². The Labute approximate surface area is 260 Å². The van der Waals surface area contributed by atoms with Gasteiger partial charge in [0.1, 0.15) is 5.60 Å². The van der Waals surface area contributed by atoms with Crippen molar-refractivity contribution in [1.29, 1.82) is 0 Å². The third-order valence-electron chi connectivity index (χ3n) is 7.01. The molecule has 3 aromatic rings. The molecule has 1 amide bonds. The van der Waals surface area contributed by atoms with Crippen LogP contribution in [0.25, 0.3) is 11.2 Å². The Bertz CT molecular complexity index is 1750. The molecule has 1 N–H and O–H groups in total. The van der Waals surface area contributed by atoms with Crippen LogP contribution in [0.3, 0.4) is 0 Å². The first-order valence-corrected chi connectivity index (χ1v) is 14.9. The number of hydrogen-bond acceptors (Lipinski definition) is 8. The monoisotopic (exact) mass is 626 g/mol. The number of esters is 1. The Morgan fingerprint density at radius 1 is 1.20 bits per heavy atom. The Kier molecular flexibility index (Phi) is 9.78. The lowest BCUT2D eigenvalue weighted by Crippen LogP contribution is -2.49. The van der Waals surface area contributed by atoms with Crippen molar-refractivity contribution >= 4 is 40.8 Å². The number of halogens is 1. The Balaban J connectivity index is 1.78. The van der Waals surface area contributed by atoms with Gasteiger partial charge >= 0.3 is 17.8 Å². The van der Waals surface area contributed by atoms with Crippen LogP contribution in [0.1, 0.15) is 70.3 Å². The van der Waals surface area contributed by atoms with Gasteiger partial charge in [-0.1, -0.05) is 23.6 Å². The fourth-order valence-electron chi connectivity index (χ4n) is 5.12. The van der Waals surface area contributed by atoms with Gasteiger partial charge < -0.3 is 19.7 Å². The van der Waals surface area contributed by atoms with E-state index in [-0.39, 0.29) is 42.0 Å². The molecule has 0 unspecified atom stereocenters. The van der Waals surface area contributed by atoms with E-state index < -0.39 is 28.9 Å². The van der Waals surface area contributed by atoms with E-state index in [1.165, 1.54) is 10.6 Å². The van der Waals surface area contributed by atoms with Gasteiger partial charge in [-0.2, -0.15) is 4.98 Å². The fraction of sp³-hybridized carbons (Fsp3) is 0.516. The van der Waals surface area contributed by atoms with Crippen molar-refractivity contribution in [3.8, 4) is 11.8 Å². The van der Waals surface area contributed by atoms with Crippen LogP contribution in [0.4, 0.5) is 10.7 Å². The molecule has 44 heavy (non-hydrogen) atoms. The summed E-state index contributed by atoms with van der Waals surface area (Å²) >= 11 is 6.18. The molecule has 4 rings (SSSR count). The highest BCUT2D eigenvalue weighted by molar-refractivity contribution is 6.31. The molecular formula is C31H39ClN6O6. The third-order valence-corrected chi connectivity index (χ3v) is 7.25. The number of ether oxygens (including phenoxy) is 2. The quantitative estimate of drug-likeness (QED) is 0.311. The molecule has 236 valence electrons. The van der Waals surface area contributed by atoms with Gasteiger partial charge in [0.05, 0.1) is 24.8 Å². The average Bonchev–Trinajstić information content (AvgIpc) is 3.32. The number of carbonyl (C=O) groups excluding carboxylic acids is 2. The Morgan fingerprint density at radius 3 is 2.59 bits per heavy atom. The molecule has 2 aromatic heterocycles. The predicted octanol–water partition coefficient (Wildman–Crippen LogP) is 3.68. The van der Waals surface area contributed by atoms with Gasteiger partial charge in [0.25, 0.3) is 5.56 Å². The van der Waals surface area contributed by atoms with Crippen LogP contribution in [0, 0.1) is 11.8 Å². The van der Waals surface area contributed by atoms with Crippen LogP contribution < -0.4 is 21.5 Å². The molecule has 1 aliphatic rings. The third kappa shape index (κ3) is 7.27. The molecule has 0 aliphatic carbocycles. The fourth-order valence-corrected chi connectivity index (χ4v) is 5.30. The van der Waals surface area contributed by atoms with Crippen LogP contribution >= 0.6 is 11.6 Å². The maximum atomic E-state index is 14.1. The number of piperidine rings is 1. The number of nitrogens with zero attached hydrogens (tertiary/aromatic N) is 5. The van der Waals surface area contributed by atoms with Crippen molar-refractivity contribution in [3.63, 3.8) is 0 Å². The summed E-state index contributed by atoms with van der Waals surface area (Å²) in [5.41, 5.74) is -0.806. The zero-order chi connectivity index (χ0) is 32.3. The summed E-state index contributed by atoms with van der Waals surface area (Å²) in [6, 6.07) is 4.45. The average molecular weight is 627 g/mol. The molecule has 1 atom stereocenters. The number of rotatable bonds is 7. The maximum absolute atomic E-state index is 14.1. The molecule has 1 aliphatic heterocycles. The lowest BCUT2D eigenvalue weighted by molar-refractivity contribution is 0.0375. The van der Waals surface area contributed by atoms with E-state index in [1.54, 1.807) is 65.3 Å².